The summed E-state index contributed by atoms with van der Waals surface area (Å²) in [6, 6.07) is 6.97. The second-order valence-electron chi connectivity index (χ2n) is 7.57. The van der Waals surface area contributed by atoms with E-state index in [4.69, 9.17) is 9.47 Å². The predicted octanol–water partition coefficient (Wildman–Crippen LogP) is 4.51. The molecule has 3 aromatic rings. The molecule has 0 spiro atoms. The summed E-state index contributed by atoms with van der Waals surface area (Å²) < 4.78 is 12.4. The van der Waals surface area contributed by atoms with Gasteiger partial charge in [-0.15, -0.1) is 11.3 Å². The molecule has 0 saturated heterocycles. The second kappa shape index (κ2) is 9.43. The van der Waals surface area contributed by atoms with Gasteiger partial charge in [0.2, 0.25) is 0 Å². The predicted molar refractivity (Wildman–Crippen MR) is 118 cm³/mol. The molecular formula is C23H26N2O4S. The van der Waals surface area contributed by atoms with Crippen LogP contribution in [0.5, 0.6) is 11.5 Å². The van der Waals surface area contributed by atoms with Crippen molar-refractivity contribution >= 4 is 27.5 Å². The van der Waals surface area contributed by atoms with E-state index in [0.717, 1.165) is 61.1 Å². The molecule has 0 bridgehead atoms. The highest BCUT2D eigenvalue weighted by atomic mass is 32.1. The molecule has 0 amide bonds. The maximum atomic E-state index is 12.9. The highest BCUT2D eigenvalue weighted by molar-refractivity contribution is 7.18. The van der Waals surface area contributed by atoms with Crippen molar-refractivity contribution in [1.82, 2.24) is 9.55 Å². The van der Waals surface area contributed by atoms with E-state index in [2.05, 4.69) is 11.9 Å². The number of hydrogen-bond acceptors (Lipinski definition) is 6. The van der Waals surface area contributed by atoms with Gasteiger partial charge in [0, 0.05) is 4.88 Å². The zero-order chi connectivity index (χ0) is 20.9. The molecule has 7 heteroatoms. The smallest absolute Gasteiger partial charge is 0.331 e. The van der Waals surface area contributed by atoms with E-state index in [1.165, 1.54) is 15.8 Å². The Labute approximate surface area is 179 Å². The number of fused-ring (bicyclic) bond motifs is 3. The first-order valence-corrected chi connectivity index (χ1v) is 11.4. The number of thiophene rings is 1. The highest BCUT2D eigenvalue weighted by Crippen LogP contribution is 2.33. The van der Waals surface area contributed by atoms with Crippen LogP contribution in [-0.2, 0) is 24.2 Å². The van der Waals surface area contributed by atoms with Crippen LogP contribution in [0.1, 0.15) is 49.5 Å². The first-order valence-electron chi connectivity index (χ1n) is 10.6. The Bertz CT molecular complexity index is 1090. The van der Waals surface area contributed by atoms with Crippen molar-refractivity contribution in [1.29, 1.82) is 0 Å². The number of carbonyl (C=O) groups is 1. The molecule has 4 rings (SSSR count). The lowest BCUT2D eigenvalue weighted by Crippen LogP contribution is -2.27. The molecule has 30 heavy (non-hydrogen) atoms. The van der Waals surface area contributed by atoms with Crippen LogP contribution in [0.3, 0.4) is 0 Å². The van der Waals surface area contributed by atoms with Crippen LogP contribution >= 0.6 is 11.3 Å². The molecule has 0 aliphatic heterocycles. The minimum atomic E-state index is -0.501. The maximum absolute atomic E-state index is 12.9. The number of benzene rings is 1. The Morgan fingerprint density at radius 3 is 2.70 bits per heavy atom. The molecule has 2 heterocycles. The summed E-state index contributed by atoms with van der Waals surface area (Å²) in [5.41, 5.74) is 0.961. The average molecular weight is 427 g/mol. The highest BCUT2D eigenvalue weighted by Gasteiger charge is 2.20. The van der Waals surface area contributed by atoms with E-state index >= 15 is 0 Å². The molecule has 6 nitrogen and oxygen atoms in total. The van der Waals surface area contributed by atoms with Crippen LogP contribution in [0.15, 0.2) is 35.4 Å². The fourth-order valence-electron chi connectivity index (χ4n) is 3.74. The Hall–Kier alpha value is -2.67. The van der Waals surface area contributed by atoms with Crippen LogP contribution < -0.4 is 15.0 Å². The molecule has 1 aliphatic rings. The standard InChI is InChI=1S/C23H26N2O4S/c1-2-3-6-13-28-16-9-11-17(12-10-16)29-20(26)14-25-15-24-22-21(23(25)27)18-7-4-5-8-19(18)30-22/h9-12,15H,2-8,13-14H2,1H3. The Kier molecular flexibility index (Phi) is 6.47. The molecule has 0 saturated carbocycles. The summed E-state index contributed by atoms with van der Waals surface area (Å²) in [4.78, 5) is 31.8. The number of ether oxygens (including phenoxy) is 2. The summed E-state index contributed by atoms with van der Waals surface area (Å²) >= 11 is 1.60. The number of aryl methyl sites for hydroxylation is 2. The van der Waals surface area contributed by atoms with Gasteiger partial charge in [-0.25, -0.2) is 9.78 Å². The van der Waals surface area contributed by atoms with E-state index in [-0.39, 0.29) is 12.1 Å². The van der Waals surface area contributed by atoms with E-state index in [9.17, 15) is 9.59 Å². The summed E-state index contributed by atoms with van der Waals surface area (Å²) in [6.07, 6.45) is 8.93. The van der Waals surface area contributed by atoms with Crippen LogP contribution in [0.2, 0.25) is 0 Å². The minimum Gasteiger partial charge on any atom is -0.494 e. The normalized spacial score (nSPS) is 13.2. The third kappa shape index (κ3) is 4.56. The Balaban J connectivity index is 1.41. The lowest BCUT2D eigenvalue weighted by molar-refractivity contribution is -0.135. The number of aromatic nitrogens is 2. The summed E-state index contributed by atoms with van der Waals surface area (Å²) in [5.74, 6) is 0.675. The van der Waals surface area contributed by atoms with Gasteiger partial charge < -0.3 is 9.47 Å². The van der Waals surface area contributed by atoms with Gasteiger partial charge >= 0.3 is 5.97 Å². The molecular weight excluding hydrogens is 400 g/mol. The zero-order valence-corrected chi connectivity index (χ0v) is 18.0. The van der Waals surface area contributed by atoms with Gasteiger partial charge in [0.1, 0.15) is 22.9 Å². The maximum Gasteiger partial charge on any atom is 0.331 e. The largest absolute Gasteiger partial charge is 0.494 e. The van der Waals surface area contributed by atoms with Crippen molar-refractivity contribution in [3.05, 3.63) is 51.4 Å². The minimum absolute atomic E-state index is 0.160. The monoisotopic (exact) mass is 426 g/mol. The van der Waals surface area contributed by atoms with Crippen molar-refractivity contribution in [2.75, 3.05) is 6.61 Å². The topological polar surface area (TPSA) is 70.4 Å². The number of nitrogens with zero attached hydrogens (tertiary/aromatic N) is 2. The molecule has 0 N–H and O–H groups in total. The zero-order valence-electron chi connectivity index (χ0n) is 17.2. The van der Waals surface area contributed by atoms with Crippen molar-refractivity contribution in [3.63, 3.8) is 0 Å². The third-order valence-electron chi connectivity index (χ3n) is 5.31. The SMILES string of the molecule is CCCCCOc1ccc(OC(=O)Cn2cnc3sc4c(c3c2=O)CCCC4)cc1. The summed E-state index contributed by atoms with van der Waals surface area (Å²) in [7, 11) is 0. The van der Waals surface area contributed by atoms with Crippen LogP contribution in [0.25, 0.3) is 10.2 Å². The molecule has 1 aliphatic carbocycles. The van der Waals surface area contributed by atoms with E-state index < -0.39 is 5.97 Å². The van der Waals surface area contributed by atoms with Crippen LogP contribution in [0, 0.1) is 0 Å². The molecule has 2 aromatic heterocycles. The van der Waals surface area contributed by atoms with Gasteiger partial charge in [0.25, 0.3) is 5.56 Å². The molecule has 0 unspecified atom stereocenters. The van der Waals surface area contributed by atoms with Gasteiger partial charge in [-0.3, -0.25) is 9.36 Å². The first-order chi connectivity index (χ1) is 14.7. The Morgan fingerprint density at radius 2 is 1.90 bits per heavy atom. The lowest BCUT2D eigenvalue weighted by Gasteiger charge is -2.10. The van der Waals surface area contributed by atoms with Gasteiger partial charge in [-0.05, 0) is 61.9 Å². The second-order valence-corrected chi connectivity index (χ2v) is 8.65. The van der Waals surface area contributed by atoms with E-state index in [1.54, 1.807) is 35.6 Å². The van der Waals surface area contributed by atoms with Gasteiger partial charge in [0.05, 0.1) is 18.3 Å². The molecule has 158 valence electrons. The van der Waals surface area contributed by atoms with Crippen molar-refractivity contribution < 1.29 is 14.3 Å². The average Bonchev–Trinajstić information content (AvgIpc) is 3.14. The van der Waals surface area contributed by atoms with Crippen molar-refractivity contribution in [2.24, 2.45) is 0 Å². The quantitative estimate of drug-likeness (QED) is 0.301. The van der Waals surface area contributed by atoms with Gasteiger partial charge in [-0.2, -0.15) is 0 Å². The first kappa shape index (κ1) is 20.6. The summed E-state index contributed by atoms with van der Waals surface area (Å²) in [5, 5.41) is 0.676. The van der Waals surface area contributed by atoms with Crippen molar-refractivity contribution in [3.8, 4) is 11.5 Å². The van der Waals surface area contributed by atoms with Crippen LogP contribution in [0.4, 0.5) is 0 Å². The fraction of sp³-hybridized carbons (Fsp3) is 0.435. The Morgan fingerprint density at radius 1 is 1.13 bits per heavy atom. The number of rotatable bonds is 8. The molecule has 0 atom stereocenters. The number of esters is 1. The van der Waals surface area contributed by atoms with E-state index in [1.807, 2.05) is 0 Å². The van der Waals surface area contributed by atoms with Gasteiger partial charge in [0.15, 0.2) is 0 Å². The number of carbonyl (C=O) groups excluding carboxylic acids is 1. The third-order valence-corrected chi connectivity index (χ3v) is 6.51. The van der Waals surface area contributed by atoms with E-state index in [0.29, 0.717) is 17.7 Å². The number of hydrogen-bond donors (Lipinski definition) is 0. The molecule has 0 radical (unpaired) electrons. The number of unbranched alkanes of at least 4 members (excludes halogenated alkanes) is 2. The van der Waals surface area contributed by atoms with Gasteiger partial charge in [-0.1, -0.05) is 19.8 Å². The summed E-state index contributed by atoms with van der Waals surface area (Å²) in [6.45, 7) is 2.67. The van der Waals surface area contributed by atoms with Crippen LogP contribution in [-0.4, -0.2) is 22.1 Å². The molecule has 0 fully saturated rings. The van der Waals surface area contributed by atoms with Crippen molar-refractivity contribution in [2.45, 2.75) is 58.4 Å². The fourth-order valence-corrected chi connectivity index (χ4v) is 4.96. The lowest BCUT2D eigenvalue weighted by atomic mass is 9.97. The molecule has 1 aromatic carbocycles.